The third-order valence-electron chi connectivity index (χ3n) is 3.96. The third-order valence-corrected chi connectivity index (χ3v) is 5.92. The van der Waals surface area contributed by atoms with Crippen LogP contribution in [0.25, 0.3) is 0 Å². The highest BCUT2D eigenvalue weighted by Gasteiger charge is 2.33. The number of pyridine rings is 1. The monoisotopic (exact) mass is 338 g/mol. The number of ether oxygens (including phenoxy) is 1. The highest BCUT2D eigenvalue weighted by molar-refractivity contribution is 7.89. The van der Waals surface area contributed by atoms with Gasteiger partial charge in [-0.2, -0.15) is 5.26 Å². The molecule has 126 valence electrons. The molecule has 2 heterocycles. The van der Waals surface area contributed by atoms with Crippen LogP contribution in [0.1, 0.15) is 16.8 Å². The van der Waals surface area contributed by atoms with Gasteiger partial charge in [0.1, 0.15) is 11.9 Å². The molecule has 2 rings (SSSR count). The number of anilines is 1. The molecule has 8 heteroatoms. The van der Waals surface area contributed by atoms with Crippen molar-refractivity contribution < 1.29 is 13.2 Å². The van der Waals surface area contributed by atoms with Crippen molar-refractivity contribution in [2.75, 3.05) is 38.4 Å². The molecule has 1 saturated heterocycles. The van der Waals surface area contributed by atoms with Crippen molar-refractivity contribution in [3.63, 3.8) is 0 Å². The highest BCUT2D eigenvalue weighted by atomic mass is 32.2. The van der Waals surface area contributed by atoms with Gasteiger partial charge in [-0.05, 0) is 25.5 Å². The molecule has 23 heavy (non-hydrogen) atoms. The predicted octanol–water partition coefficient (Wildman–Crippen LogP) is 0.888. The first-order chi connectivity index (χ1) is 10.7. The van der Waals surface area contributed by atoms with E-state index in [0.717, 1.165) is 11.3 Å². The van der Waals surface area contributed by atoms with Crippen LogP contribution in [0.2, 0.25) is 0 Å². The summed E-state index contributed by atoms with van der Waals surface area (Å²) in [4.78, 5) is 4.39. The van der Waals surface area contributed by atoms with Crippen LogP contribution in [-0.4, -0.2) is 56.8 Å². The first kappa shape index (κ1) is 17.7. The van der Waals surface area contributed by atoms with E-state index < -0.39 is 10.0 Å². The molecule has 0 bridgehead atoms. The minimum absolute atomic E-state index is 0.00432. The van der Waals surface area contributed by atoms with Gasteiger partial charge in [-0.15, -0.1) is 0 Å². The number of aryl methyl sites for hydroxylation is 2. The van der Waals surface area contributed by atoms with Crippen LogP contribution in [0.4, 0.5) is 5.82 Å². The molecule has 0 aromatic carbocycles. The number of rotatable bonds is 5. The van der Waals surface area contributed by atoms with Crippen molar-refractivity contribution in [1.82, 2.24) is 9.29 Å². The molecule has 1 aromatic heterocycles. The fourth-order valence-electron chi connectivity index (χ4n) is 2.60. The Morgan fingerprint density at radius 1 is 1.43 bits per heavy atom. The predicted molar refractivity (Wildman–Crippen MR) is 87.6 cm³/mol. The summed E-state index contributed by atoms with van der Waals surface area (Å²) in [7, 11) is -0.270. The Morgan fingerprint density at radius 2 is 2.13 bits per heavy atom. The topological polar surface area (TPSA) is 95.3 Å². The van der Waals surface area contributed by atoms with E-state index in [1.165, 1.54) is 18.4 Å². The molecule has 0 saturated carbocycles. The lowest BCUT2D eigenvalue weighted by Crippen LogP contribution is -2.37. The second-order valence-electron chi connectivity index (χ2n) is 6.03. The normalized spacial score (nSPS) is 21.4. The van der Waals surface area contributed by atoms with Gasteiger partial charge in [-0.1, -0.05) is 0 Å². The molecule has 0 amide bonds. The smallest absolute Gasteiger partial charge is 0.214 e. The Morgan fingerprint density at radius 3 is 2.74 bits per heavy atom. The van der Waals surface area contributed by atoms with Crippen LogP contribution < -0.4 is 5.32 Å². The fourth-order valence-corrected chi connectivity index (χ4v) is 3.77. The summed E-state index contributed by atoms with van der Waals surface area (Å²) in [5, 5.41) is 12.5. The summed E-state index contributed by atoms with van der Waals surface area (Å²) in [6, 6.07) is 3.81. The Balaban J connectivity index is 2.22. The summed E-state index contributed by atoms with van der Waals surface area (Å²) in [6.07, 6.45) is 0. The zero-order chi connectivity index (χ0) is 17.2. The lowest BCUT2D eigenvalue weighted by molar-refractivity contribution is 0.187. The summed E-state index contributed by atoms with van der Waals surface area (Å²) < 4.78 is 30.8. The van der Waals surface area contributed by atoms with Gasteiger partial charge in [-0.3, -0.25) is 0 Å². The Hall–Kier alpha value is -1.69. The standard InChI is InChI=1S/C15H22N4O3S/c1-10-5-11(2)17-15(13(10)6-16)18-14-8-22-7-12(14)9-23(20,21)19(3)4/h5,12,14H,7-9H2,1-4H3,(H,17,18)/t12-,14+/m0/s1. The lowest BCUT2D eigenvalue weighted by Gasteiger charge is -2.22. The highest BCUT2D eigenvalue weighted by Crippen LogP contribution is 2.24. The summed E-state index contributed by atoms with van der Waals surface area (Å²) >= 11 is 0. The molecule has 0 unspecified atom stereocenters. The quantitative estimate of drug-likeness (QED) is 0.856. The number of hydrogen-bond acceptors (Lipinski definition) is 6. The Labute approximate surface area is 137 Å². The van der Waals surface area contributed by atoms with Crippen LogP contribution in [-0.2, 0) is 14.8 Å². The van der Waals surface area contributed by atoms with Gasteiger partial charge in [-0.25, -0.2) is 17.7 Å². The van der Waals surface area contributed by atoms with Gasteiger partial charge in [0.25, 0.3) is 0 Å². The average molecular weight is 338 g/mol. The first-order valence-electron chi connectivity index (χ1n) is 7.37. The summed E-state index contributed by atoms with van der Waals surface area (Å²) in [6.45, 7) is 4.49. The van der Waals surface area contributed by atoms with E-state index in [9.17, 15) is 13.7 Å². The van der Waals surface area contributed by atoms with Crippen LogP contribution >= 0.6 is 0 Å². The second kappa shape index (κ2) is 6.83. The van der Waals surface area contributed by atoms with E-state index in [4.69, 9.17) is 4.74 Å². The van der Waals surface area contributed by atoms with Crippen LogP contribution in [0.5, 0.6) is 0 Å². The molecule has 1 aromatic rings. The number of nitrogens with zero attached hydrogens (tertiary/aromatic N) is 3. The summed E-state index contributed by atoms with van der Waals surface area (Å²) in [5.74, 6) is 0.314. The first-order valence-corrected chi connectivity index (χ1v) is 8.98. The zero-order valence-electron chi connectivity index (χ0n) is 13.8. The molecule has 2 atom stereocenters. The lowest BCUT2D eigenvalue weighted by atomic mass is 10.1. The van der Waals surface area contributed by atoms with Gasteiger partial charge < -0.3 is 10.1 Å². The van der Waals surface area contributed by atoms with Crippen LogP contribution in [0.15, 0.2) is 6.07 Å². The SMILES string of the molecule is Cc1cc(C)c(C#N)c(N[C@@H]2COC[C@H]2CS(=O)(=O)N(C)C)n1. The van der Waals surface area contributed by atoms with E-state index in [2.05, 4.69) is 16.4 Å². The minimum Gasteiger partial charge on any atom is -0.379 e. The molecule has 0 aliphatic carbocycles. The molecular weight excluding hydrogens is 316 g/mol. The maximum Gasteiger partial charge on any atom is 0.214 e. The molecule has 1 aliphatic rings. The van der Waals surface area contributed by atoms with Gasteiger partial charge in [0.2, 0.25) is 10.0 Å². The molecule has 0 spiro atoms. The van der Waals surface area contributed by atoms with E-state index in [1.54, 1.807) is 0 Å². The average Bonchev–Trinajstić information content (AvgIpc) is 2.84. The maximum absolute atomic E-state index is 12.1. The minimum atomic E-state index is -3.31. The Bertz CT molecular complexity index is 725. The molecule has 0 radical (unpaired) electrons. The molecule has 1 fully saturated rings. The van der Waals surface area contributed by atoms with Gasteiger partial charge in [0.15, 0.2) is 0 Å². The van der Waals surface area contributed by atoms with Crippen molar-refractivity contribution in [3.8, 4) is 6.07 Å². The number of nitriles is 1. The van der Waals surface area contributed by atoms with E-state index >= 15 is 0 Å². The number of aromatic nitrogens is 1. The number of sulfonamides is 1. The van der Waals surface area contributed by atoms with Crippen molar-refractivity contribution >= 4 is 15.8 Å². The third kappa shape index (κ3) is 3.99. The van der Waals surface area contributed by atoms with Gasteiger partial charge in [0, 0.05) is 25.7 Å². The molecule has 1 N–H and O–H groups in total. The fraction of sp³-hybridized carbons (Fsp3) is 0.600. The van der Waals surface area contributed by atoms with E-state index in [1.807, 2.05) is 19.9 Å². The largest absolute Gasteiger partial charge is 0.379 e. The second-order valence-corrected chi connectivity index (χ2v) is 8.25. The van der Waals surface area contributed by atoms with Crippen molar-refractivity contribution in [2.45, 2.75) is 19.9 Å². The number of nitrogens with one attached hydrogen (secondary N) is 1. The Kier molecular flexibility index (Phi) is 5.24. The molecular formula is C15H22N4O3S. The van der Waals surface area contributed by atoms with E-state index in [-0.39, 0.29) is 17.7 Å². The van der Waals surface area contributed by atoms with Crippen molar-refractivity contribution in [2.24, 2.45) is 5.92 Å². The summed E-state index contributed by atoms with van der Waals surface area (Å²) in [5.41, 5.74) is 2.14. The van der Waals surface area contributed by atoms with E-state index in [0.29, 0.717) is 24.6 Å². The van der Waals surface area contributed by atoms with Gasteiger partial charge in [0.05, 0.1) is 30.6 Å². The van der Waals surface area contributed by atoms with Crippen LogP contribution in [0, 0.1) is 31.1 Å². The molecule has 7 nitrogen and oxygen atoms in total. The van der Waals surface area contributed by atoms with Crippen LogP contribution in [0.3, 0.4) is 0 Å². The number of hydrogen-bond donors (Lipinski definition) is 1. The maximum atomic E-state index is 12.1. The molecule has 1 aliphatic heterocycles. The van der Waals surface area contributed by atoms with Crippen molar-refractivity contribution in [1.29, 1.82) is 5.26 Å². The zero-order valence-corrected chi connectivity index (χ0v) is 14.6. The van der Waals surface area contributed by atoms with Crippen molar-refractivity contribution in [3.05, 3.63) is 22.9 Å². The van der Waals surface area contributed by atoms with Gasteiger partial charge >= 0.3 is 0 Å².